The van der Waals surface area contributed by atoms with Crippen molar-refractivity contribution in [2.24, 2.45) is 7.05 Å². The molecule has 39 heavy (non-hydrogen) atoms. The number of imidazole rings is 1. The van der Waals surface area contributed by atoms with E-state index in [2.05, 4.69) is 35.8 Å². The number of pyridine rings is 1. The number of aliphatic hydroxyl groups is 1. The van der Waals surface area contributed by atoms with Gasteiger partial charge in [0.2, 0.25) is 5.95 Å². The van der Waals surface area contributed by atoms with Gasteiger partial charge >= 0.3 is 6.18 Å². The third-order valence-electron chi connectivity index (χ3n) is 6.26. The summed E-state index contributed by atoms with van der Waals surface area (Å²) in [6.45, 7) is -0.176. The average Bonchev–Trinajstić information content (AvgIpc) is 3.67. The molecule has 0 spiro atoms. The number of nitrogens with one attached hydrogen (secondary N) is 2. The summed E-state index contributed by atoms with van der Waals surface area (Å²) in [4.78, 5) is 12.9. The lowest BCUT2D eigenvalue weighted by molar-refractivity contribution is -0.145. The van der Waals surface area contributed by atoms with Crippen molar-refractivity contribution in [3.8, 4) is 11.5 Å². The lowest BCUT2D eigenvalue weighted by Gasteiger charge is -2.17. The van der Waals surface area contributed by atoms with E-state index in [9.17, 15) is 18.3 Å². The molecule has 0 saturated carbocycles. The molecule has 6 rings (SSSR count). The molecule has 204 valence electrons. The van der Waals surface area contributed by atoms with Crippen LogP contribution in [0, 0.1) is 0 Å². The maximum absolute atomic E-state index is 13.7. The molecular weight excluding hydrogens is 545 g/mol. The fourth-order valence-electron chi connectivity index (χ4n) is 4.39. The van der Waals surface area contributed by atoms with E-state index in [1.54, 1.807) is 31.0 Å². The number of rotatable bonds is 6. The minimum Gasteiger partial charge on any atom is -0.450 e. The lowest BCUT2D eigenvalue weighted by Crippen LogP contribution is -2.27. The highest BCUT2D eigenvalue weighted by Crippen LogP contribution is 2.39. The van der Waals surface area contributed by atoms with Crippen LogP contribution >= 0.6 is 11.6 Å². The fourth-order valence-corrected chi connectivity index (χ4v) is 4.69. The molecule has 0 bridgehead atoms. The Kier molecular flexibility index (Phi) is 5.96. The Morgan fingerprint density at radius 3 is 2.72 bits per heavy atom. The first-order valence-corrected chi connectivity index (χ1v) is 11.9. The number of aliphatic hydroxyl groups excluding tert-OH is 1. The van der Waals surface area contributed by atoms with E-state index >= 15 is 0 Å². The zero-order valence-corrected chi connectivity index (χ0v) is 21.1. The minimum atomic E-state index is -4.71. The second-order valence-corrected chi connectivity index (χ2v) is 9.07. The van der Waals surface area contributed by atoms with Crippen LogP contribution in [0.4, 0.5) is 30.8 Å². The molecular formula is C22H20ClF3N10O3. The van der Waals surface area contributed by atoms with Crippen LogP contribution in [-0.4, -0.2) is 70.4 Å². The van der Waals surface area contributed by atoms with Gasteiger partial charge in [-0.25, -0.2) is 14.5 Å². The van der Waals surface area contributed by atoms with Gasteiger partial charge in [-0.15, -0.1) is 0 Å². The van der Waals surface area contributed by atoms with Crippen molar-refractivity contribution in [1.29, 1.82) is 0 Å². The molecule has 0 amide bonds. The second-order valence-electron chi connectivity index (χ2n) is 8.69. The van der Waals surface area contributed by atoms with Crippen LogP contribution in [0.2, 0.25) is 5.02 Å². The van der Waals surface area contributed by atoms with Crippen molar-refractivity contribution in [1.82, 2.24) is 38.9 Å². The van der Waals surface area contributed by atoms with Crippen LogP contribution in [0.3, 0.4) is 0 Å². The highest BCUT2D eigenvalue weighted by molar-refractivity contribution is 6.36. The van der Waals surface area contributed by atoms with Gasteiger partial charge in [0.15, 0.2) is 34.3 Å². The van der Waals surface area contributed by atoms with Crippen molar-refractivity contribution in [2.45, 2.75) is 18.3 Å². The normalized spacial score (nSPS) is 17.8. The first-order valence-electron chi connectivity index (χ1n) is 11.5. The molecule has 0 radical (unpaired) electrons. The van der Waals surface area contributed by atoms with Gasteiger partial charge < -0.3 is 29.8 Å². The van der Waals surface area contributed by atoms with Crippen molar-refractivity contribution >= 4 is 45.9 Å². The number of hydrogen-bond acceptors (Lipinski definition) is 10. The standard InChI is InChI=1S/C22H20ClF3N10O3/c1-27-19-17-13(7-30-35(17)4-3-28-19)39-12-6-29-20-18(16(12)23)34(2)21(32-20)31-15-5-14(22(24,25)26)36(33-15)10-8-38-9-11(10)37/h3-7,10-11,37H,8-9H2,1-2H3,(H,27,28)(H,29,31,32,33)/t10-,11+/m0/s1. The Hall–Kier alpha value is -4.15. The third-order valence-corrected chi connectivity index (χ3v) is 6.63. The zero-order valence-electron chi connectivity index (χ0n) is 20.3. The molecule has 5 aromatic heterocycles. The van der Waals surface area contributed by atoms with Gasteiger partial charge in [-0.1, -0.05) is 11.6 Å². The van der Waals surface area contributed by atoms with E-state index in [1.807, 2.05) is 0 Å². The zero-order chi connectivity index (χ0) is 27.5. The number of alkyl halides is 3. The van der Waals surface area contributed by atoms with Crippen LogP contribution in [0.25, 0.3) is 16.7 Å². The Labute approximate surface area is 222 Å². The second kappa shape index (κ2) is 9.25. The van der Waals surface area contributed by atoms with Crippen LogP contribution in [0.5, 0.6) is 11.5 Å². The Balaban J connectivity index is 1.34. The summed E-state index contributed by atoms with van der Waals surface area (Å²) >= 11 is 6.67. The van der Waals surface area contributed by atoms with E-state index in [1.165, 1.54) is 17.0 Å². The third kappa shape index (κ3) is 4.25. The molecule has 1 aliphatic heterocycles. The first-order chi connectivity index (χ1) is 18.7. The predicted molar refractivity (Wildman–Crippen MR) is 133 cm³/mol. The lowest BCUT2D eigenvalue weighted by atomic mass is 10.2. The quantitative estimate of drug-likeness (QED) is 0.281. The van der Waals surface area contributed by atoms with Crippen molar-refractivity contribution in [2.75, 3.05) is 30.9 Å². The monoisotopic (exact) mass is 564 g/mol. The summed E-state index contributed by atoms with van der Waals surface area (Å²) < 4.78 is 56.2. The first kappa shape index (κ1) is 25.1. The van der Waals surface area contributed by atoms with E-state index in [4.69, 9.17) is 21.1 Å². The van der Waals surface area contributed by atoms with Gasteiger partial charge in [0.1, 0.15) is 28.4 Å². The molecule has 0 aliphatic carbocycles. The molecule has 2 atom stereocenters. The molecule has 1 aliphatic rings. The Morgan fingerprint density at radius 2 is 2.00 bits per heavy atom. The average molecular weight is 565 g/mol. The number of fused-ring (bicyclic) bond motifs is 2. The van der Waals surface area contributed by atoms with Gasteiger partial charge in [0.05, 0.1) is 25.6 Å². The van der Waals surface area contributed by atoms with Gasteiger partial charge in [0.25, 0.3) is 0 Å². The van der Waals surface area contributed by atoms with Crippen LogP contribution in [-0.2, 0) is 18.0 Å². The van der Waals surface area contributed by atoms with Crippen molar-refractivity contribution < 1.29 is 27.8 Å². The van der Waals surface area contributed by atoms with E-state index in [0.29, 0.717) is 22.6 Å². The molecule has 1 saturated heterocycles. The molecule has 0 aromatic carbocycles. The number of aryl methyl sites for hydroxylation is 1. The van der Waals surface area contributed by atoms with Crippen LogP contribution in [0.1, 0.15) is 11.7 Å². The maximum atomic E-state index is 13.7. The summed E-state index contributed by atoms with van der Waals surface area (Å²) in [5, 5.41) is 24.3. The minimum absolute atomic E-state index is 0.0774. The van der Waals surface area contributed by atoms with Gasteiger partial charge in [0, 0.05) is 32.6 Å². The number of ether oxygens (including phenoxy) is 2. The van der Waals surface area contributed by atoms with Gasteiger partial charge in [-0.3, -0.25) is 4.68 Å². The predicted octanol–water partition coefficient (Wildman–Crippen LogP) is 3.39. The number of aromatic nitrogens is 8. The van der Waals surface area contributed by atoms with Gasteiger partial charge in [-0.05, 0) is 0 Å². The van der Waals surface area contributed by atoms with E-state index in [0.717, 1.165) is 10.7 Å². The highest BCUT2D eigenvalue weighted by Gasteiger charge is 2.41. The summed E-state index contributed by atoms with van der Waals surface area (Å²) in [6.07, 6.45) is 0.318. The molecule has 17 heteroatoms. The van der Waals surface area contributed by atoms with E-state index in [-0.39, 0.29) is 41.4 Å². The van der Waals surface area contributed by atoms with Crippen LogP contribution in [0.15, 0.2) is 30.9 Å². The van der Waals surface area contributed by atoms with Crippen LogP contribution < -0.4 is 15.4 Å². The summed E-state index contributed by atoms with van der Waals surface area (Å²) in [5.41, 5.74) is 0.145. The largest absolute Gasteiger partial charge is 0.450 e. The SMILES string of the molecule is CNc1nccn2ncc(Oc3cnc4nc(Nc5cc(C(F)(F)F)n([C@H]6COC[C@H]6O)n5)n(C)c4c3Cl)c12. The Bertz CT molecular complexity index is 1700. The Morgan fingerprint density at radius 1 is 1.18 bits per heavy atom. The number of hydrogen-bond donors (Lipinski definition) is 3. The highest BCUT2D eigenvalue weighted by atomic mass is 35.5. The van der Waals surface area contributed by atoms with Crippen molar-refractivity contribution in [3.63, 3.8) is 0 Å². The molecule has 0 unspecified atom stereocenters. The molecule has 5 aromatic rings. The number of halogens is 4. The topological polar surface area (TPSA) is 141 Å². The van der Waals surface area contributed by atoms with E-state index < -0.39 is 24.0 Å². The molecule has 3 N–H and O–H groups in total. The molecule has 13 nitrogen and oxygen atoms in total. The summed E-state index contributed by atoms with van der Waals surface area (Å²) in [6, 6.07) is -0.140. The van der Waals surface area contributed by atoms with Crippen molar-refractivity contribution in [3.05, 3.63) is 41.6 Å². The summed E-state index contributed by atoms with van der Waals surface area (Å²) in [7, 11) is 3.33. The van der Waals surface area contributed by atoms with Gasteiger partial charge in [-0.2, -0.15) is 28.4 Å². The maximum Gasteiger partial charge on any atom is 0.433 e. The molecule has 6 heterocycles. The molecule has 1 fully saturated rings. The fraction of sp³-hybridized carbons (Fsp3) is 0.318. The summed E-state index contributed by atoms with van der Waals surface area (Å²) in [5.74, 6) is 1.12. The number of nitrogens with zero attached hydrogens (tertiary/aromatic N) is 8. The number of anilines is 3. The smallest absolute Gasteiger partial charge is 0.433 e.